The van der Waals surface area contributed by atoms with Crippen LogP contribution in [0.25, 0.3) is 0 Å². The van der Waals surface area contributed by atoms with Crippen molar-refractivity contribution in [2.24, 2.45) is 5.73 Å². The van der Waals surface area contributed by atoms with Gasteiger partial charge in [-0.3, -0.25) is 33.5 Å². The van der Waals surface area contributed by atoms with Gasteiger partial charge < -0.3 is 37.2 Å². The van der Waals surface area contributed by atoms with Gasteiger partial charge in [-0.15, -0.1) is 0 Å². The number of aliphatic hydroxyl groups is 1. The second-order valence-corrected chi connectivity index (χ2v) is 6.03. The number of carboxylic acid groups (broad SMARTS) is 1. The Morgan fingerprint density at radius 1 is 0.931 bits per heavy atom. The van der Waals surface area contributed by atoms with Gasteiger partial charge in [0.1, 0.15) is 24.7 Å². The lowest BCUT2D eigenvalue weighted by molar-refractivity contribution is -0.138. The topological polar surface area (TPSA) is 229 Å². The lowest BCUT2D eigenvalue weighted by atomic mass is 10.1. The molecule has 0 heterocycles. The minimum absolute atomic E-state index is 0.233. The minimum Gasteiger partial charge on any atom is -0.480 e. The molecule has 5 amide bonds. The average molecular weight is 436 g/mol. The first-order valence-electron chi connectivity index (χ1n) is 8.17. The Bertz CT molecular complexity index is 646. The van der Waals surface area contributed by atoms with Crippen LogP contribution >= 0.6 is 12.8 Å². The number of thiol groups is 1. The van der Waals surface area contributed by atoms with Crippen molar-refractivity contribution in [1.29, 1.82) is 0 Å². The van der Waals surface area contributed by atoms with E-state index in [0.717, 1.165) is 0 Å². The van der Waals surface area contributed by atoms with E-state index in [1.165, 1.54) is 6.92 Å². The first-order chi connectivity index (χ1) is 13.5. The number of aliphatic carboxylic acids is 1. The molecule has 9 N–H and O–H groups in total. The fourth-order valence-electron chi connectivity index (χ4n) is 1.88. The number of primary amides is 1. The SMILES string of the molecule is CC(NC(=O)C(CO)NC(=O)CNS)C(=O)N[C@@H](CC(N)=O)C(=O)NCC(=O)O. The molecule has 0 bridgehead atoms. The van der Waals surface area contributed by atoms with Gasteiger partial charge in [-0.05, 0) is 6.92 Å². The molecule has 0 aromatic carbocycles. The smallest absolute Gasteiger partial charge is 0.322 e. The Balaban J connectivity index is 4.92. The van der Waals surface area contributed by atoms with Crippen molar-refractivity contribution in [2.45, 2.75) is 31.5 Å². The first-order valence-corrected chi connectivity index (χ1v) is 8.62. The number of carboxylic acids is 1. The summed E-state index contributed by atoms with van der Waals surface area (Å²) in [6.07, 6.45) is -0.607. The summed E-state index contributed by atoms with van der Waals surface area (Å²) in [5, 5.41) is 26.4. The number of carbonyl (C=O) groups is 6. The molecule has 0 saturated heterocycles. The molecule has 0 aromatic rings. The van der Waals surface area contributed by atoms with Crippen molar-refractivity contribution in [3.05, 3.63) is 0 Å². The van der Waals surface area contributed by atoms with Gasteiger partial charge in [0, 0.05) is 0 Å². The summed E-state index contributed by atoms with van der Waals surface area (Å²) in [6, 6.07) is -4.05. The molecule has 0 aromatic heterocycles. The summed E-state index contributed by atoms with van der Waals surface area (Å²) in [5.41, 5.74) is 5.01. The van der Waals surface area contributed by atoms with E-state index >= 15 is 0 Å². The van der Waals surface area contributed by atoms with E-state index in [9.17, 15) is 33.9 Å². The maximum absolute atomic E-state index is 12.2. The number of hydrogen-bond acceptors (Lipinski definition) is 9. The van der Waals surface area contributed by atoms with Crippen molar-refractivity contribution in [1.82, 2.24) is 26.0 Å². The van der Waals surface area contributed by atoms with Crippen LogP contribution in [0.5, 0.6) is 0 Å². The van der Waals surface area contributed by atoms with Crippen LogP contribution in [-0.4, -0.2) is 83.5 Å². The third kappa shape index (κ3) is 10.9. The van der Waals surface area contributed by atoms with E-state index in [1.54, 1.807) is 0 Å². The Kier molecular flexibility index (Phi) is 12.0. The van der Waals surface area contributed by atoms with Crippen LogP contribution in [-0.2, 0) is 28.8 Å². The molecule has 29 heavy (non-hydrogen) atoms. The molecule has 0 aliphatic heterocycles. The van der Waals surface area contributed by atoms with Gasteiger partial charge in [0.05, 0.1) is 19.6 Å². The molecule has 14 nitrogen and oxygen atoms in total. The van der Waals surface area contributed by atoms with Crippen LogP contribution in [0.1, 0.15) is 13.3 Å². The fourth-order valence-corrected chi connectivity index (χ4v) is 2.03. The van der Waals surface area contributed by atoms with Gasteiger partial charge in [-0.1, -0.05) is 12.8 Å². The quantitative estimate of drug-likeness (QED) is 0.126. The zero-order valence-corrected chi connectivity index (χ0v) is 16.3. The highest BCUT2D eigenvalue weighted by Gasteiger charge is 2.28. The number of nitrogens with one attached hydrogen (secondary N) is 5. The van der Waals surface area contributed by atoms with Crippen molar-refractivity contribution in [3.63, 3.8) is 0 Å². The third-order valence-electron chi connectivity index (χ3n) is 3.28. The Morgan fingerprint density at radius 3 is 2.03 bits per heavy atom. The second kappa shape index (κ2) is 13.3. The molecule has 3 atom stereocenters. The van der Waals surface area contributed by atoms with E-state index in [2.05, 4.69) is 33.5 Å². The van der Waals surface area contributed by atoms with E-state index in [0.29, 0.717) is 0 Å². The maximum Gasteiger partial charge on any atom is 0.322 e. The lowest BCUT2D eigenvalue weighted by Gasteiger charge is -2.22. The van der Waals surface area contributed by atoms with Crippen molar-refractivity contribution < 1.29 is 39.0 Å². The molecule has 0 saturated carbocycles. The molecule has 0 fully saturated rings. The normalized spacial score (nSPS) is 13.3. The molecule has 0 radical (unpaired) electrons. The standard InChI is InChI=1S/C14H24N6O8S/c1-6(18-14(28)8(5-21)19-10(23)3-17-29)12(26)20-7(2-9(15)22)13(27)16-4-11(24)25/h6-8,17,21,29H,2-5H2,1H3,(H2,15,22)(H,16,27)(H,18,28)(H,19,23)(H,20,26)(H,24,25)/t6?,7-,8?/m0/s1. The fraction of sp³-hybridized carbons (Fsp3) is 0.571. The first kappa shape index (κ1) is 26.1. The van der Waals surface area contributed by atoms with Gasteiger partial charge in [-0.25, -0.2) is 0 Å². The molecule has 2 unspecified atom stereocenters. The monoisotopic (exact) mass is 436 g/mol. The van der Waals surface area contributed by atoms with Crippen LogP contribution in [0, 0.1) is 0 Å². The van der Waals surface area contributed by atoms with E-state index < -0.39 is 73.2 Å². The molecular formula is C14H24N6O8S. The molecule has 164 valence electrons. The van der Waals surface area contributed by atoms with Crippen LogP contribution in [0.4, 0.5) is 0 Å². The summed E-state index contributed by atoms with van der Waals surface area (Å²) in [6.45, 7) is -0.478. The highest BCUT2D eigenvalue weighted by atomic mass is 32.1. The van der Waals surface area contributed by atoms with Gasteiger partial charge in [0.15, 0.2) is 0 Å². The van der Waals surface area contributed by atoms with Gasteiger partial charge in [0.25, 0.3) is 0 Å². The minimum atomic E-state index is -1.46. The largest absolute Gasteiger partial charge is 0.480 e. The average Bonchev–Trinajstić information content (AvgIpc) is 2.62. The maximum atomic E-state index is 12.2. The van der Waals surface area contributed by atoms with Crippen molar-refractivity contribution in [2.75, 3.05) is 19.7 Å². The number of rotatable bonds is 13. The Hall–Kier alpha value is -2.91. The number of hydrogen-bond donors (Lipinski definition) is 9. The molecule has 0 aliphatic rings. The predicted octanol–water partition coefficient (Wildman–Crippen LogP) is -5.04. The van der Waals surface area contributed by atoms with Crippen LogP contribution in [0.15, 0.2) is 0 Å². The molecule has 0 aliphatic carbocycles. The molecule has 0 rings (SSSR count). The summed E-state index contributed by atoms with van der Waals surface area (Å²) in [5.74, 6) is -5.65. The lowest BCUT2D eigenvalue weighted by Crippen LogP contribution is -2.57. The molecule has 0 spiro atoms. The number of amides is 5. The summed E-state index contributed by atoms with van der Waals surface area (Å²) in [7, 11) is 0. The predicted molar refractivity (Wildman–Crippen MR) is 100.0 cm³/mol. The van der Waals surface area contributed by atoms with Crippen molar-refractivity contribution in [3.8, 4) is 0 Å². The van der Waals surface area contributed by atoms with Gasteiger partial charge in [-0.2, -0.15) is 0 Å². The van der Waals surface area contributed by atoms with Crippen molar-refractivity contribution >= 4 is 48.3 Å². The summed E-state index contributed by atoms with van der Waals surface area (Å²) in [4.78, 5) is 69.3. The highest BCUT2D eigenvalue weighted by molar-refractivity contribution is 7.78. The Labute approximate surface area is 170 Å². The van der Waals surface area contributed by atoms with Gasteiger partial charge >= 0.3 is 5.97 Å². The summed E-state index contributed by atoms with van der Waals surface area (Å²) >= 11 is 3.62. The van der Waals surface area contributed by atoms with Crippen LogP contribution in [0.3, 0.4) is 0 Å². The Morgan fingerprint density at radius 2 is 1.55 bits per heavy atom. The number of nitrogens with two attached hydrogens (primary N) is 1. The third-order valence-corrected chi connectivity index (χ3v) is 3.44. The molecular weight excluding hydrogens is 412 g/mol. The zero-order chi connectivity index (χ0) is 22.6. The zero-order valence-electron chi connectivity index (χ0n) is 15.4. The molecule has 15 heteroatoms. The van der Waals surface area contributed by atoms with E-state index in [4.69, 9.17) is 10.8 Å². The number of aliphatic hydroxyl groups excluding tert-OH is 1. The van der Waals surface area contributed by atoms with E-state index in [-0.39, 0.29) is 6.54 Å². The highest BCUT2D eigenvalue weighted by Crippen LogP contribution is 1.95. The second-order valence-electron chi connectivity index (χ2n) is 5.71. The van der Waals surface area contributed by atoms with Crippen LogP contribution < -0.4 is 31.7 Å². The van der Waals surface area contributed by atoms with Crippen LogP contribution in [0.2, 0.25) is 0 Å². The van der Waals surface area contributed by atoms with Gasteiger partial charge in [0.2, 0.25) is 29.5 Å². The summed E-state index contributed by atoms with van der Waals surface area (Å²) < 4.78 is 2.25. The van der Waals surface area contributed by atoms with E-state index in [1.807, 2.05) is 5.32 Å². The number of carbonyl (C=O) groups excluding carboxylic acids is 5.